The van der Waals surface area contributed by atoms with E-state index in [1.165, 1.54) is 19.2 Å². The van der Waals surface area contributed by atoms with Gasteiger partial charge in [0.15, 0.2) is 12.4 Å². The van der Waals surface area contributed by atoms with E-state index in [1.807, 2.05) is 6.07 Å². The first-order valence-electron chi connectivity index (χ1n) is 10.7. The molecule has 4 rings (SSSR count). The molecule has 0 amide bonds. The molecular formula is C27H22O7. The van der Waals surface area contributed by atoms with Gasteiger partial charge < -0.3 is 18.6 Å². The quantitative estimate of drug-likeness (QED) is 0.274. The minimum atomic E-state index is -0.770. The molecule has 0 fully saturated rings. The molecule has 0 unspecified atom stereocenters. The lowest BCUT2D eigenvalue weighted by molar-refractivity contribution is 0.0492. The van der Waals surface area contributed by atoms with Crippen LogP contribution in [0.25, 0.3) is 22.1 Å². The Balaban J connectivity index is 1.77. The Morgan fingerprint density at radius 1 is 0.941 bits per heavy atom. The molecular weight excluding hydrogens is 436 g/mol. The lowest BCUT2D eigenvalue weighted by Crippen LogP contribution is -2.15. The molecule has 0 spiro atoms. The second kappa shape index (κ2) is 10.0. The summed E-state index contributed by atoms with van der Waals surface area (Å²) < 4.78 is 22.0. The second-order valence-corrected chi connectivity index (χ2v) is 7.29. The van der Waals surface area contributed by atoms with Gasteiger partial charge in [0.2, 0.25) is 11.2 Å². The van der Waals surface area contributed by atoms with Gasteiger partial charge in [0, 0.05) is 17.2 Å². The first-order valence-corrected chi connectivity index (χ1v) is 10.7. The van der Waals surface area contributed by atoms with Gasteiger partial charge in [-0.15, -0.1) is 0 Å². The molecule has 0 N–H and O–H groups in total. The van der Waals surface area contributed by atoms with Gasteiger partial charge in [-0.1, -0.05) is 48.5 Å². The van der Waals surface area contributed by atoms with Gasteiger partial charge >= 0.3 is 5.97 Å². The molecule has 7 heteroatoms. The van der Waals surface area contributed by atoms with Crippen molar-refractivity contribution in [3.8, 4) is 22.6 Å². The summed E-state index contributed by atoms with van der Waals surface area (Å²) in [4.78, 5) is 38.5. The summed E-state index contributed by atoms with van der Waals surface area (Å²) in [5, 5.41) is 0.246. The number of hydrogen-bond acceptors (Lipinski definition) is 7. The highest BCUT2D eigenvalue weighted by Crippen LogP contribution is 2.33. The summed E-state index contributed by atoms with van der Waals surface area (Å²) in [6.45, 7) is 1.58. The number of para-hydroxylation sites is 1. The minimum absolute atomic E-state index is 0.0522. The summed E-state index contributed by atoms with van der Waals surface area (Å²) in [6.07, 6.45) is 0. The molecule has 172 valence electrons. The van der Waals surface area contributed by atoms with E-state index in [0.717, 1.165) is 0 Å². The van der Waals surface area contributed by atoms with E-state index in [1.54, 1.807) is 61.5 Å². The standard InChI is InChI=1S/C27H22O7/c1-3-32-27(30)26-24(19-11-7-8-12-22(19)31-2)25(29)20-14-13-18(15-23(20)34-26)33-16-21(28)17-9-5-4-6-10-17/h4-15H,3,16H2,1-2H3. The van der Waals surface area contributed by atoms with Crippen LogP contribution in [0.1, 0.15) is 27.8 Å². The van der Waals surface area contributed by atoms with E-state index in [9.17, 15) is 14.4 Å². The van der Waals surface area contributed by atoms with Crippen molar-refractivity contribution in [3.63, 3.8) is 0 Å². The number of fused-ring (bicyclic) bond motifs is 1. The van der Waals surface area contributed by atoms with Crippen LogP contribution in [0.3, 0.4) is 0 Å². The van der Waals surface area contributed by atoms with Crippen LogP contribution in [0.2, 0.25) is 0 Å². The molecule has 1 aromatic heterocycles. The van der Waals surface area contributed by atoms with Gasteiger partial charge in [-0.25, -0.2) is 4.79 Å². The van der Waals surface area contributed by atoms with E-state index in [2.05, 4.69) is 0 Å². The lowest BCUT2D eigenvalue weighted by Gasteiger charge is -2.13. The fourth-order valence-corrected chi connectivity index (χ4v) is 3.56. The predicted octanol–water partition coefficient (Wildman–Crippen LogP) is 4.91. The first-order chi connectivity index (χ1) is 16.5. The number of carbonyl (C=O) groups is 2. The first kappa shape index (κ1) is 22.8. The Bertz CT molecular complexity index is 1400. The number of ether oxygens (including phenoxy) is 3. The van der Waals surface area contributed by atoms with Gasteiger partial charge in [-0.05, 0) is 25.1 Å². The van der Waals surface area contributed by atoms with Crippen molar-refractivity contribution >= 4 is 22.7 Å². The van der Waals surface area contributed by atoms with E-state index in [-0.39, 0.29) is 41.3 Å². The zero-order valence-corrected chi connectivity index (χ0v) is 18.7. The Labute approximate surface area is 195 Å². The number of rotatable bonds is 8. The molecule has 4 aromatic rings. The third-order valence-corrected chi connectivity index (χ3v) is 5.17. The summed E-state index contributed by atoms with van der Waals surface area (Å²) in [7, 11) is 1.48. The number of Topliss-reactive ketones (excluding diaryl/α,β-unsaturated/α-hetero) is 1. The van der Waals surface area contributed by atoms with Gasteiger partial charge in [-0.2, -0.15) is 0 Å². The molecule has 0 aliphatic carbocycles. The maximum atomic E-state index is 13.5. The molecule has 7 nitrogen and oxygen atoms in total. The maximum Gasteiger partial charge on any atom is 0.375 e. The molecule has 0 aliphatic heterocycles. The highest BCUT2D eigenvalue weighted by Gasteiger charge is 2.25. The van der Waals surface area contributed by atoms with Crippen LogP contribution in [-0.4, -0.2) is 32.1 Å². The summed E-state index contributed by atoms with van der Waals surface area (Å²) in [5.74, 6) is -0.464. The Morgan fingerprint density at radius 2 is 1.68 bits per heavy atom. The van der Waals surface area contributed by atoms with Crippen molar-refractivity contribution in [1.82, 2.24) is 0 Å². The summed E-state index contributed by atoms with van der Waals surface area (Å²) >= 11 is 0. The summed E-state index contributed by atoms with van der Waals surface area (Å²) in [5.41, 5.74) is 0.715. The van der Waals surface area contributed by atoms with Gasteiger partial charge in [0.1, 0.15) is 17.1 Å². The van der Waals surface area contributed by atoms with E-state index in [0.29, 0.717) is 22.6 Å². The summed E-state index contributed by atoms with van der Waals surface area (Å²) in [6, 6.07) is 20.2. The Morgan fingerprint density at radius 3 is 2.41 bits per heavy atom. The Hall–Kier alpha value is -4.39. The van der Waals surface area contributed by atoms with Crippen molar-refractivity contribution in [2.45, 2.75) is 6.92 Å². The van der Waals surface area contributed by atoms with Crippen molar-refractivity contribution in [2.75, 3.05) is 20.3 Å². The molecule has 1 heterocycles. The zero-order chi connectivity index (χ0) is 24.1. The molecule has 34 heavy (non-hydrogen) atoms. The number of carbonyl (C=O) groups excluding carboxylic acids is 2. The molecule has 0 bridgehead atoms. The van der Waals surface area contributed by atoms with Crippen LogP contribution < -0.4 is 14.9 Å². The molecule has 0 saturated carbocycles. The van der Waals surface area contributed by atoms with Crippen LogP contribution >= 0.6 is 0 Å². The SMILES string of the molecule is CCOC(=O)c1oc2cc(OCC(=O)c3ccccc3)ccc2c(=O)c1-c1ccccc1OC. The van der Waals surface area contributed by atoms with Crippen LogP contribution in [0.4, 0.5) is 0 Å². The third kappa shape index (κ3) is 4.54. The molecule has 0 atom stereocenters. The van der Waals surface area contributed by atoms with Crippen LogP contribution in [0.15, 0.2) is 82.0 Å². The predicted molar refractivity (Wildman–Crippen MR) is 127 cm³/mol. The van der Waals surface area contributed by atoms with E-state index < -0.39 is 11.4 Å². The average Bonchev–Trinajstić information content (AvgIpc) is 2.87. The zero-order valence-electron chi connectivity index (χ0n) is 18.7. The van der Waals surface area contributed by atoms with Crippen molar-refractivity contribution in [1.29, 1.82) is 0 Å². The van der Waals surface area contributed by atoms with Crippen LogP contribution in [0, 0.1) is 0 Å². The van der Waals surface area contributed by atoms with Crippen molar-refractivity contribution in [3.05, 3.63) is 94.3 Å². The molecule has 3 aromatic carbocycles. The molecule has 0 radical (unpaired) electrons. The fraction of sp³-hybridized carbons (Fsp3) is 0.148. The van der Waals surface area contributed by atoms with Gasteiger partial charge in [0.05, 0.1) is 24.7 Å². The average molecular weight is 458 g/mol. The smallest absolute Gasteiger partial charge is 0.375 e. The fourth-order valence-electron chi connectivity index (χ4n) is 3.56. The van der Waals surface area contributed by atoms with Crippen molar-refractivity contribution in [2.24, 2.45) is 0 Å². The van der Waals surface area contributed by atoms with Gasteiger partial charge in [0.25, 0.3) is 0 Å². The maximum absolute atomic E-state index is 13.5. The van der Waals surface area contributed by atoms with E-state index >= 15 is 0 Å². The van der Waals surface area contributed by atoms with Crippen LogP contribution in [0.5, 0.6) is 11.5 Å². The number of methoxy groups -OCH3 is 1. The third-order valence-electron chi connectivity index (χ3n) is 5.17. The monoisotopic (exact) mass is 458 g/mol. The number of ketones is 1. The normalized spacial score (nSPS) is 10.6. The van der Waals surface area contributed by atoms with Gasteiger partial charge in [-0.3, -0.25) is 9.59 Å². The number of hydrogen-bond donors (Lipinski definition) is 0. The number of esters is 1. The highest BCUT2D eigenvalue weighted by molar-refractivity contribution is 5.99. The van der Waals surface area contributed by atoms with Crippen molar-refractivity contribution < 1.29 is 28.2 Å². The van der Waals surface area contributed by atoms with Crippen LogP contribution in [-0.2, 0) is 4.74 Å². The minimum Gasteiger partial charge on any atom is -0.496 e. The second-order valence-electron chi connectivity index (χ2n) is 7.29. The molecule has 0 saturated heterocycles. The number of benzene rings is 3. The van der Waals surface area contributed by atoms with E-state index in [4.69, 9.17) is 18.6 Å². The molecule has 0 aliphatic rings. The topological polar surface area (TPSA) is 92.0 Å². The highest BCUT2D eigenvalue weighted by atomic mass is 16.5. The lowest BCUT2D eigenvalue weighted by atomic mass is 10.0. The largest absolute Gasteiger partial charge is 0.496 e. The Kier molecular flexibility index (Phi) is 6.73.